The zero-order chi connectivity index (χ0) is 14.0. The number of rotatable bonds is 3. The molecule has 0 fully saturated rings. The molecular formula is C16H17FO2. The SMILES string of the molecule is Cc1cccc(C)c1Oc1ccc(F)cc1C(C)O. The summed E-state index contributed by atoms with van der Waals surface area (Å²) in [7, 11) is 0. The molecule has 2 rings (SSSR count). The summed E-state index contributed by atoms with van der Waals surface area (Å²) in [4.78, 5) is 0. The van der Waals surface area contributed by atoms with Crippen molar-refractivity contribution in [3.63, 3.8) is 0 Å². The number of halogens is 1. The van der Waals surface area contributed by atoms with Crippen molar-refractivity contribution in [3.8, 4) is 11.5 Å². The second kappa shape index (κ2) is 5.41. The van der Waals surface area contributed by atoms with Crippen molar-refractivity contribution < 1.29 is 14.2 Å². The van der Waals surface area contributed by atoms with E-state index in [-0.39, 0.29) is 5.82 Å². The van der Waals surface area contributed by atoms with E-state index in [4.69, 9.17) is 4.74 Å². The number of para-hydroxylation sites is 1. The van der Waals surface area contributed by atoms with Crippen molar-refractivity contribution in [1.82, 2.24) is 0 Å². The van der Waals surface area contributed by atoms with Gasteiger partial charge < -0.3 is 9.84 Å². The van der Waals surface area contributed by atoms with E-state index < -0.39 is 6.10 Å². The van der Waals surface area contributed by atoms with E-state index in [0.717, 1.165) is 16.9 Å². The summed E-state index contributed by atoms with van der Waals surface area (Å²) in [5.74, 6) is 0.842. The molecule has 1 atom stereocenters. The van der Waals surface area contributed by atoms with Crippen LogP contribution < -0.4 is 4.74 Å². The summed E-state index contributed by atoms with van der Waals surface area (Å²) in [6.45, 7) is 5.49. The van der Waals surface area contributed by atoms with Gasteiger partial charge in [0.2, 0.25) is 0 Å². The first-order valence-corrected chi connectivity index (χ1v) is 6.20. The van der Waals surface area contributed by atoms with Gasteiger partial charge in [-0.2, -0.15) is 0 Å². The Morgan fingerprint density at radius 1 is 1.11 bits per heavy atom. The number of hydrogen-bond acceptors (Lipinski definition) is 2. The first-order valence-electron chi connectivity index (χ1n) is 6.20. The van der Waals surface area contributed by atoms with E-state index in [1.54, 1.807) is 13.0 Å². The van der Waals surface area contributed by atoms with Gasteiger partial charge in [-0.3, -0.25) is 0 Å². The summed E-state index contributed by atoms with van der Waals surface area (Å²) in [6.07, 6.45) is -0.782. The predicted molar refractivity (Wildman–Crippen MR) is 73.0 cm³/mol. The van der Waals surface area contributed by atoms with Crippen LogP contribution in [0.5, 0.6) is 11.5 Å². The zero-order valence-electron chi connectivity index (χ0n) is 11.3. The molecule has 0 saturated heterocycles. The molecule has 100 valence electrons. The Morgan fingerprint density at radius 3 is 2.32 bits per heavy atom. The fraction of sp³-hybridized carbons (Fsp3) is 0.250. The maximum absolute atomic E-state index is 13.2. The van der Waals surface area contributed by atoms with Crippen LogP contribution in [-0.4, -0.2) is 5.11 Å². The second-order valence-corrected chi connectivity index (χ2v) is 4.68. The number of benzene rings is 2. The summed E-state index contributed by atoms with van der Waals surface area (Å²) >= 11 is 0. The van der Waals surface area contributed by atoms with Gasteiger partial charge in [0.25, 0.3) is 0 Å². The molecule has 0 aromatic heterocycles. The summed E-state index contributed by atoms with van der Waals surface area (Å²) < 4.78 is 19.1. The van der Waals surface area contributed by atoms with E-state index in [9.17, 15) is 9.50 Å². The minimum Gasteiger partial charge on any atom is -0.456 e. The first-order chi connectivity index (χ1) is 8.99. The van der Waals surface area contributed by atoms with Gasteiger partial charge >= 0.3 is 0 Å². The van der Waals surface area contributed by atoms with Gasteiger partial charge in [-0.25, -0.2) is 4.39 Å². The molecule has 1 unspecified atom stereocenters. The summed E-state index contributed by atoms with van der Waals surface area (Å²) in [6, 6.07) is 10.0. The third kappa shape index (κ3) is 2.93. The zero-order valence-corrected chi connectivity index (χ0v) is 11.3. The molecular weight excluding hydrogens is 243 g/mol. The van der Waals surface area contributed by atoms with Crippen LogP contribution in [0.4, 0.5) is 4.39 Å². The number of aliphatic hydroxyl groups excluding tert-OH is 1. The van der Waals surface area contributed by atoms with Crippen molar-refractivity contribution >= 4 is 0 Å². The molecule has 0 saturated carbocycles. The smallest absolute Gasteiger partial charge is 0.133 e. The van der Waals surface area contributed by atoms with E-state index in [1.807, 2.05) is 32.0 Å². The van der Waals surface area contributed by atoms with Gasteiger partial charge in [-0.15, -0.1) is 0 Å². The minimum absolute atomic E-state index is 0.384. The van der Waals surface area contributed by atoms with Crippen molar-refractivity contribution in [1.29, 1.82) is 0 Å². The number of ether oxygens (including phenoxy) is 1. The maximum atomic E-state index is 13.2. The van der Waals surface area contributed by atoms with Crippen molar-refractivity contribution in [2.24, 2.45) is 0 Å². The molecule has 0 aliphatic rings. The molecule has 0 aliphatic heterocycles. The number of aryl methyl sites for hydroxylation is 2. The van der Waals surface area contributed by atoms with Crippen molar-refractivity contribution in [3.05, 3.63) is 58.9 Å². The van der Waals surface area contributed by atoms with Crippen LogP contribution >= 0.6 is 0 Å². The average molecular weight is 260 g/mol. The van der Waals surface area contributed by atoms with E-state index in [0.29, 0.717) is 11.3 Å². The Morgan fingerprint density at radius 2 is 1.74 bits per heavy atom. The van der Waals surface area contributed by atoms with E-state index >= 15 is 0 Å². The molecule has 2 nitrogen and oxygen atoms in total. The largest absolute Gasteiger partial charge is 0.456 e. The first kappa shape index (κ1) is 13.6. The van der Waals surface area contributed by atoms with Crippen LogP contribution in [-0.2, 0) is 0 Å². The molecule has 0 radical (unpaired) electrons. The maximum Gasteiger partial charge on any atom is 0.133 e. The fourth-order valence-corrected chi connectivity index (χ4v) is 2.01. The van der Waals surface area contributed by atoms with Crippen molar-refractivity contribution in [2.75, 3.05) is 0 Å². The van der Waals surface area contributed by atoms with E-state index in [2.05, 4.69) is 0 Å². The monoisotopic (exact) mass is 260 g/mol. The molecule has 0 spiro atoms. The van der Waals surface area contributed by atoms with Crippen LogP contribution in [0.1, 0.15) is 29.7 Å². The third-order valence-electron chi connectivity index (χ3n) is 3.04. The molecule has 2 aromatic carbocycles. The molecule has 2 aromatic rings. The van der Waals surface area contributed by atoms with Crippen LogP contribution in [0.25, 0.3) is 0 Å². The molecule has 0 heterocycles. The highest BCUT2D eigenvalue weighted by atomic mass is 19.1. The van der Waals surface area contributed by atoms with Crippen LogP contribution in [0.3, 0.4) is 0 Å². The van der Waals surface area contributed by atoms with Crippen LogP contribution in [0.2, 0.25) is 0 Å². The lowest BCUT2D eigenvalue weighted by atomic mass is 10.1. The quantitative estimate of drug-likeness (QED) is 0.892. The minimum atomic E-state index is -0.782. The van der Waals surface area contributed by atoms with Gasteiger partial charge in [-0.05, 0) is 50.1 Å². The molecule has 1 N–H and O–H groups in total. The summed E-state index contributed by atoms with van der Waals surface area (Å²) in [5.41, 5.74) is 2.45. The Kier molecular flexibility index (Phi) is 3.86. The third-order valence-corrected chi connectivity index (χ3v) is 3.04. The van der Waals surface area contributed by atoms with Gasteiger partial charge in [0.15, 0.2) is 0 Å². The Balaban J connectivity index is 2.44. The number of aliphatic hydroxyl groups is 1. The second-order valence-electron chi connectivity index (χ2n) is 4.68. The highest BCUT2D eigenvalue weighted by Gasteiger charge is 2.13. The van der Waals surface area contributed by atoms with Gasteiger partial charge in [0.05, 0.1) is 6.10 Å². The van der Waals surface area contributed by atoms with Crippen molar-refractivity contribution in [2.45, 2.75) is 26.9 Å². The van der Waals surface area contributed by atoms with Gasteiger partial charge in [0, 0.05) is 5.56 Å². The lowest BCUT2D eigenvalue weighted by Gasteiger charge is -2.16. The van der Waals surface area contributed by atoms with Gasteiger partial charge in [0.1, 0.15) is 17.3 Å². The van der Waals surface area contributed by atoms with Crippen LogP contribution in [0.15, 0.2) is 36.4 Å². The van der Waals surface area contributed by atoms with E-state index in [1.165, 1.54) is 12.1 Å². The lowest BCUT2D eigenvalue weighted by Crippen LogP contribution is -1.99. The Bertz CT molecular complexity index is 571. The molecule has 0 aliphatic carbocycles. The average Bonchev–Trinajstić information content (AvgIpc) is 2.35. The Labute approximate surface area is 112 Å². The molecule has 0 amide bonds. The highest BCUT2D eigenvalue weighted by molar-refractivity contribution is 5.45. The lowest BCUT2D eigenvalue weighted by molar-refractivity contribution is 0.195. The molecule has 0 bridgehead atoms. The normalized spacial score (nSPS) is 12.3. The standard InChI is InChI=1S/C16H17FO2/c1-10-5-4-6-11(2)16(10)19-15-8-7-13(17)9-14(15)12(3)18/h4-9,12,18H,1-3H3. The van der Waals surface area contributed by atoms with Crippen LogP contribution in [0, 0.1) is 19.7 Å². The predicted octanol–water partition coefficient (Wildman–Crippen LogP) is 4.29. The topological polar surface area (TPSA) is 29.5 Å². The molecule has 3 heteroatoms. The summed E-state index contributed by atoms with van der Waals surface area (Å²) in [5, 5.41) is 9.70. The Hall–Kier alpha value is -1.87. The molecule has 19 heavy (non-hydrogen) atoms. The fourth-order valence-electron chi connectivity index (χ4n) is 2.01. The van der Waals surface area contributed by atoms with Gasteiger partial charge in [-0.1, -0.05) is 18.2 Å². The highest BCUT2D eigenvalue weighted by Crippen LogP contribution is 2.33. The number of hydrogen-bond donors (Lipinski definition) is 1.